The lowest BCUT2D eigenvalue weighted by Crippen LogP contribution is -2.61. The lowest BCUT2D eigenvalue weighted by Gasteiger charge is -2.68. The highest BCUT2D eigenvalue weighted by atomic mass is 14.7. The first kappa shape index (κ1) is 26.0. The fourth-order valence-corrected chi connectivity index (χ4v) is 11.0. The third-order valence-corrected chi connectivity index (χ3v) is 12.3. The predicted molar refractivity (Wildman–Crippen MR) is 148 cm³/mol. The van der Waals surface area contributed by atoms with Crippen LogP contribution in [0.5, 0.6) is 0 Å². The van der Waals surface area contributed by atoms with Gasteiger partial charge in [-0.3, -0.25) is 0 Å². The maximum atomic E-state index is 6.43. The molecule has 0 aliphatic heterocycles. The van der Waals surface area contributed by atoms with E-state index in [0.29, 0.717) is 16.2 Å². The van der Waals surface area contributed by atoms with Gasteiger partial charge < -0.3 is 5.73 Å². The number of allylic oxidation sites excluding steroid dienone is 5. The van der Waals surface area contributed by atoms with Crippen molar-refractivity contribution < 1.29 is 0 Å². The Labute approximate surface area is 211 Å². The second-order valence-electron chi connectivity index (χ2n) is 13.8. The highest BCUT2D eigenvalue weighted by Gasteiger charge is 2.65. The Morgan fingerprint density at radius 3 is 2.29 bits per heavy atom. The van der Waals surface area contributed by atoms with Gasteiger partial charge in [-0.1, -0.05) is 65.5 Å². The van der Waals surface area contributed by atoms with Gasteiger partial charge in [-0.25, -0.2) is 0 Å². The van der Waals surface area contributed by atoms with Gasteiger partial charge in [0.15, 0.2) is 0 Å². The van der Waals surface area contributed by atoms with Gasteiger partial charge in [0.25, 0.3) is 0 Å². The molecule has 2 N–H and O–H groups in total. The molecule has 1 heteroatoms. The molecule has 8 unspecified atom stereocenters. The van der Waals surface area contributed by atoms with Crippen LogP contribution in [-0.2, 0) is 0 Å². The van der Waals surface area contributed by atoms with E-state index in [1.54, 1.807) is 6.08 Å². The lowest BCUT2D eigenvalue weighted by molar-refractivity contribution is -0.179. The van der Waals surface area contributed by atoms with Crippen molar-refractivity contribution in [1.29, 1.82) is 0 Å². The third-order valence-electron chi connectivity index (χ3n) is 12.3. The molecule has 5 aliphatic carbocycles. The second kappa shape index (κ2) is 9.10. The topological polar surface area (TPSA) is 26.0 Å². The van der Waals surface area contributed by atoms with Crippen LogP contribution >= 0.6 is 0 Å². The van der Waals surface area contributed by atoms with Crippen molar-refractivity contribution in [3.05, 3.63) is 49.1 Å². The van der Waals surface area contributed by atoms with E-state index >= 15 is 0 Å². The van der Waals surface area contributed by atoms with Gasteiger partial charge >= 0.3 is 0 Å². The Balaban J connectivity index is 0.000000868. The van der Waals surface area contributed by atoms with Gasteiger partial charge in [0.05, 0.1) is 0 Å². The Bertz CT molecular complexity index is 847. The van der Waals surface area contributed by atoms with Crippen molar-refractivity contribution in [2.75, 3.05) is 6.54 Å². The largest absolute Gasteiger partial charge is 0.330 e. The summed E-state index contributed by atoms with van der Waals surface area (Å²) in [7, 11) is 0. The van der Waals surface area contributed by atoms with Crippen molar-refractivity contribution in [3.63, 3.8) is 0 Å². The fourth-order valence-electron chi connectivity index (χ4n) is 11.0. The zero-order valence-corrected chi connectivity index (χ0v) is 23.1. The molecule has 0 aromatic rings. The van der Waals surface area contributed by atoms with Gasteiger partial charge in [0.2, 0.25) is 0 Å². The van der Waals surface area contributed by atoms with E-state index in [1.165, 1.54) is 69.8 Å². The van der Waals surface area contributed by atoms with Crippen LogP contribution in [0.3, 0.4) is 0 Å². The van der Waals surface area contributed by atoms with E-state index in [2.05, 4.69) is 53.5 Å². The minimum Gasteiger partial charge on any atom is -0.330 e. The SMILES string of the molecule is C=CC.C=CC(=C)C1=CCC2(C)C(CCC3(C)C4CCC5(CN)CCCC5C4CCC32)C1(C)C. The normalized spacial score (nSPS) is 46.3. The monoisotopic (exact) mass is 463 g/mol. The first-order valence-electron chi connectivity index (χ1n) is 14.3. The Morgan fingerprint density at radius 2 is 1.65 bits per heavy atom. The van der Waals surface area contributed by atoms with Crippen LogP contribution in [0.4, 0.5) is 0 Å². The first-order valence-corrected chi connectivity index (χ1v) is 14.3. The molecule has 0 saturated heterocycles. The first-order chi connectivity index (χ1) is 16.1. The van der Waals surface area contributed by atoms with Crippen LogP contribution in [-0.4, -0.2) is 6.54 Å². The number of rotatable bonds is 3. The molecule has 34 heavy (non-hydrogen) atoms. The third kappa shape index (κ3) is 3.58. The zero-order chi connectivity index (χ0) is 24.9. The molecule has 0 heterocycles. The lowest BCUT2D eigenvalue weighted by atomic mass is 9.36. The molecule has 4 saturated carbocycles. The molecule has 0 amide bonds. The highest BCUT2D eigenvalue weighted by molar-refractivity contribution is 5.43. The average Bonchev–Trinajstić information content (AvgIpc) is 3.23. The molecule has 0 bridgehead atoms. The Kier molecular flexibility index (Phi) is 6.96. The molecule has 5 aliphatic rings. The summed E-state index contributed by atoms with van der Waals surface area (Å²) in [6.45, 7) is 25.0. The molecule has 8 atom stereocenters. The predicted octanol–water partition coefficient (Wildman–Crippen LogP) is 8.88. The van der Waals surface area contributed by atoms with Crippen LogP contribution in [0.25, 0.3) is 0 Å². The molecule has 5 rings (SSSR count). The van der Waals surface area contributed by atoms with Gasteiger partial charge in [-0.05, 0) is 134 Å². The number of nitrogens with two attached hydrogens (primary N) is 1. The molecule has 1 nitrogen and oxygen atoms in total. The van der Waals surface area contributed by atoms with Crippen LogP contribution in [0.15, 0.2) is 49.1 Å². The number of hydrogen-bond acceptors (Lipinski definition) is 1. The van der Waals surface area contributed by atoms with E-state index < -0.39 is 0 Å². The van der Waals surface area contributed by atoms with E-state index in [1.807, 2.05) is 13.0 Å². The van der Waals surface area contributed by atoms with E-state index in [4.69, 9.17) is 5.73 Å². The number of fused-ring (bicyclic) bond motifs is 7. The minimum absolute atomic E-state index is 0.198. The van der Waals surface area contributed by atoms with Gasteiger partial charge in [0, 0.05) is 0 Å². The second-order valence-corrected chi connectivity index (χ2v) is 13.8. The van der Waals surface area contributed by atoms with Crippen molar-refractivity contribution in [3.8, 4) is 0 Å². The maximum absolute atomic E-state index is 6.43. The van der Waals surface area contributed by atoms with Crippen LogP contribution in [0, 0.1) is 51.2 Å². The van der Waals surface area contributed by atoms with E-state index in [9.17, 15) is 0 Å². The Morgan fingerprint density at radius 1 is 0.941 bits per heavy atom. The zero-order valence-electron chi connectivity index (χ0n) is 23.1. The summed E-state index contributed by atoms with van der Waals surface area (Å²) in [5.41, 5.74) is 10.7. The van der Waals surface area contributed by atoms with E-state index in [0.717, 1.165) is 41.7 Å². The van der Waals surface area contributed by atoms with Crippen LogP contribution in [0.2, 0.25) is 0 Å². The minimum atomic E-state index is 0.198. The van der Waals surface area contributed by atoms with Crippen LogP contribution < -0.4 is 5.73 Å². The van der Waals surface area contributed by atoms with Gasteiger partial charge in [0.1, 0.15) is 0 Å². The van der Waals surface area contributed by atoms with Crippen LogP contribution in [0.1, 0.15) is 98.8 Å². The summed E-state index contributed by atoms with van der Waals surface area (Å²) < 4.78 is 0. The smallest absolute Gasteiger partial charge is 0.00178 e. The quantitative estimate of drug-likeness (QED) is 0.328. The molecule has 0 aromatic heterocycles. The standard InChI is InChI=1S/C30H47N.C3H6/c1-7-20(2)22-12-16-29(6)25(27(22,3)4)14-17-28(5)23-13-18-30(19-31)15-8-9-24(30)21(23)10-11-26(28)29;1-3-2/h7,12,21,23-26H,1-2,8-11,13-19,31H2,3-6H3;3H,1H2,2H3. The average molecular weight is 464 g/mol. The Hall–Kier alpha value is -1.08. The maximum Gasteiger partial charge on any atom is -0.00178 e. The molecule has 190 valence electrons. The summed E-state index contributed by atoms with van der Waals surface area (Å²) in [5.74, 6) is 4.42. The molecule has 0 radical (unpaired) electrons. The molecule has 0 aromatic carbocycles. The van der Waals surface area contributed by atoms with Crippen molar-refractivity contribution in [2.24, 2.45) is 57.0 Å². The van der Waals surface area contributed by atoms with Crippen molar-refractivity contribution in [2.45, 2.75) is 98.8 Å². The highest BCUT2D eigenvalue weighted by Crippen LogP contribution is 2.72. The fraction of sp³-hybridized carbons (Fsp3) is 0.758. The summed E-state index contributed by atoms with van der Waals surface area (Å²) >= 11 is 0. The van der Waals surface area contributed by atoms with E-state index in [-0.39, 0.29) is 5.41 Å². The summed E-state index contributed by atoms with van der Waals surface area (Å²) in [4.78, 5) is 0. The molecular weight excluding hydrogens is 410 g/mol. The summed E-state index contributed by atoms with van der Waals surface area (Å²) in [6, 6.07) is 0. The van der Waals surface area contributed by atoms with Crippen molar-refractivity contribution >= 4 is 0 Å². The van der Waals surface area contributed by atoms with Crippen molar-refractivity contribution in [1.82, 2.24) is 0 Å². The molecule has 0 spiro atoms. The number of hydrogen-bond donors (Lipinski definition) is 1. The van der Waals surface area contributed by atoms with Gasteiger partial charge in [-0.15, -0.1) is 6.58 Å². The molecule has 4 fully saturated rings. The van der Waals surface area contributed by atoms with Gasteiger partial charge in [-0.2, -0.15) is 0 Å². The summed E-state index contributed by atoms with van der Waals surface area (Å²) in [6.07, 6.45) is 20.4. The summed E-state index contributed by atoms with van der Waals surface area (Å²) in [5, 5.41) is 0. The molecular formula is C33H53N.